The smallest absolute Gasteiger partial charge is 0.0953 e. The van der Waals surface area contributed by atoms with Gasteiger partial charge in [-0.15, -0.1) is 11.3 Å². The van der Waals surface area contributed by atoms with Gasteiger partial charge in [-0.25, -0.2) is 0 Å². The monoisotopic (exact) mass is 309 g/mol. The standard InChI is InChI=1S/C19H19NOS/c1-5-13-14-9-7-8-10-16(14)20(15(13)6-2)17-11-12-22-18(17)19(3,4)21/h5-12,21H,1-2H2,3-4H3. The van der Waals surface area contributed by atoms with Crippen molar-refractivity contribution in [3.8, 4) is 5.69 Å². The second-order valence-corrected chi connectivity index (χ2v) is 6.67. The van der Waals surface area contributed by atoms with Crippen molar-refractivity contribution in [1.82, 2.24) is 4.57 Å². The highest BCUT2D eigenvalue weighted by Crippen LogP contribution is 2.37. The third-order valence-corrected chi connectivity index (χ3v) is 5.01. The van der Waals surface area contributed by atoms with Gasteiger partial charge in [-0.1, -0.05) is 37.4 Å². The average Bonchev–Trinajstić information content (AvgIpc) is 3.07. The Bertz CT molecular complexity index is 861. The van der Waals surface area contributed by atoms with Crippen molar-refractivity contribution in [2.45, 2.75) is 19.4 Å². The van der Waals surface area contributed by atoms with Gasteiger partial charge in [0, 0.05) is 10.9 Å². The van der Waals surface area contributed by atoms with Crippen molar-refractivity contribution in [2.75, 3.05) is 0 Å². The van der Waals surface area contributed by atoms with Crippen LogP contribution < -0.4 is 0 Å². The highest BCUT2D eigenvalue weighted by atomic mass is 32.1. The van der Waals surface area contributed by atoms with E-state index in [1.165, 1.54) is 0 Å². The summed E-state index contributed by atoms with van der Waals surface area (Å²) < 4.78 is 2.16. The minimum atomic E-state index is -0.887. The van der Waals surface area contributed by atoms with Gasteiger partial charge in [0.1, 0.15) is 0 Å². The van der Waals surface area contributed by atoms with Crippen LogP contribution in [0, 0.1) is 0 Å². The van der Waals surface area contributed by atoms with Crippen LogP contribution in [0.4, 0.5) is 0 Å². The van der Waals surface area contributed by atoms with Gasteiger partial charge in [0.05, 0.1) is 27.4 Å². The molecule has 0 fully saturated rings. The normalized spacial score (nSPS) is 11.8. The summed E-state index contributed by atoms with van der Waals surface area (Å²) in [5, 5.41) is 13.6. The molecule has 3 aromatic rings. The van der Waals surface area contributed by atoms with E-state index in [0.717, 1.165) is 32.7 Å². The molecule has 0 saturated heterocycles. The van der Waals surface area contributed by atoms with Gasteiger partial charge in [0.25, 0.3) is 0 Å². The first-order valence-electron chi connectivity index (χ1n) is 7.18. The van der Waals surface area contributed by atoms with Crippen molar-refractivity contribution < 1.29 is 5.11 Å². The molecule has 0 spiro atoms. The largest absolute Gasteiger partial charge is 0.385 e. The Kier molecular flexibility index (Phi) is 3.55. The molecule has 2 nitrogen and oxygen atoms in total. The summed E-state index contributed by atoms with van der Waals surface area (Å²) in [5.41, 5.74) is 3.27. The maximum Gasteiger partial charge on any atom is 0.0953 e. The van der Waals surface area contributed by atoms with Gasteiger partial charge in [-0.3, -0.25) is 0 Å². The lowest BCUT2D eigenvalue weighted by molar-refractivity contribution is 0.0825. The topological polar surface area (TPSA) is 25.2 Å². The van der Waals surface area contributed by atoms with Crippen molar-refractivity contribution in [1.29, 1.82) is 0 Å². The molecule has 0 aliphatic heterocycles. The maximum absolute atomic E-state index is 10.5. The Morgan fingerprint density at radius 3 is 2.50 bits per heavy atom. The summed E-state index contributed by atoms with van der Waals surface area (Å²) >= 11 is 1.56. The summed E-state index contributed by atoms with van der Waals surface area (Å²) in [5.74, 6) is 0. The lowest BCUT2D eigenvalue weighted by atomic mass is 10.1. The first-order chi connectivity index (χ1) is 10.5. The third kappa shape index (κ3) is 2.14. The van der Waals surface area contributed by atoms with Crippen LogP contribution >= 0.6 is 11.3 Å². The lowest BCUT2D eigenvalue weighted by Crippen LogP contribution is -2.16. The molecule has 0 atom stereocenters. The predicted molar refractivity (Wildman–Crippen MR) is 96.6 cm³/mol. The Labute approximate surface area is 134 Å². The quantitative estimate of drug-likeness (QED) is 0.703. The molecule has 0 aliphatic carbocycles. The fourth-order valence-electron chi connectivity index (χ4n) is 2.90. The Balaban J connectivity index is 2.44. The van der Waals surface area contributed by atoms with Crippen LogP contribution in [0.15, 0.2) is 48.9 Å². The second kappa shape index (κ2) is 5.27. The summed E-state index contributed by atoms with van der Waals surface area (Å²) in [6, 6.07) is 10.3. The Morgan fingerprint density at radius 2 is 1.86 bits per heavy atom. The van der Waals surface area contributed by atoms with Crippen LogP contribution in [0.25, 0.3) is 28.7 Å². The van der Waals surface area contributed by atoms with E-state index in [0.29, 0.717) is 0 Å². The van der Waals surface area contributed by atoms with Gasteiger partial charge in [-0.05, 0) is 37.4 Å². The van der Waals surface area contributed by atoms with Crippen LogP contribution in [-0.2, 0) is 5.60 Å². The van der Waals surface area contributed by atoms with Crippen molar-refractivity contribution in [3.05, 3.63) is 65.0 Å². The van der Waals surface area contributed by atoms with E-state index in [-0.39, 0.29) is 0 Å². The zero-order valence-electron chi connectivity index (χ0n) is 12.8. The van der Waals surface area contributed by atoms with E-state index in [9.17, 15) is 5.11 Å². The van der Waals surface area contributed by atoms with Gasteiger partial charge in [0.2, 0.25) is 0 Å². The highest BCUT2D eigenvalue weighted by Gasteiger charge is 2.25. The summed E-state index contributed by atoms with van der Waals surface area (Å²) in [4.78, 5) is 0.937. The van der Waals surface area contributed by atoms with E-state index >= 15 is 0 Å². The van der Waals surface area contributed by atoms with Crippen LogP contribution in [0.2, 0.25) is 0 Å². The fraction of sp³-hybridized carbons (Fsp3) is 0.158. The summed E-state index contributed by atoms with van der Waals surface area (Å²) in [6.07, 6.45) is 3.72. The van der Waals surface area contributed by atoms with Gasteiger partial charge in [0.15, 0.2) is 0 Å². The second-order valence-electron chi connectivity index (χ2n) is 5.75. The molecule has 112 valence electrons. The number of hydrogen-bond donors (Lipinski definition) is 1. The number of aliphatic hydroxyl groups is 1. The molecule has 3 rings (SSSR count). The fourth-order valence-corrected chi connectivity index (χ4v) is 3.80. The van der Waals surface area contributed by atoms with Gasteiger partial charge < -0.3 is 9.67 Å². The summed E-state index contributed by atoms with van der Waals surface area (Å²) in [7, 11) is 0. The van der Waals surface area contributed by atoms with Gasteiger partial charge in [-0.2, -0.15) is 0 Å². The number of fused-ring (bicyclic) bond motifs is 1. The molecule has 0 bridgehead atoms. The third-order valence-electron chi connectivity index (χ3n) is 3.79. The molecule has 0 saturated carbocycles. The first-order valence-corrected chi connectivity index (χ1v) is 8.06. The van der Waals surface area contributed by atoms with Crippen LogP contribution in [0.3, 0.4) is 0 Å². The number of hydrogen-bond acceptors (Lipinski definition) is 2. The molecule has 0 amide bonds. The molecule has 22 heavy (non-hydrogen) atoms. The average molecular weight is 309 g/mol. The molecule has 1 N–H and O–H groups in total. The Morgan fingerprint density at radius 1 is 1.14 bits per heavy atom. The van der Waals surface area contributed by atoms with E-state index < -0.39 is 5.60 Å². The molecular weight excluding hydrogens is 290 g/mol. The maximum atomic E-state index is 10.5. The number of benzene rings is 1. The van der Waals surface area contributed by atoms with E-state index in [1.807, 2.05) is 49.6 Å². The minimum Gasteiger partial charge on any atom is -0.385 e. The number of thiophene rings is 1. The molecule has 0 unspecified atom stereocenters. The molecule has 2 aromatic heterocycles. The predicted octanol–water partition coefficient (Wildman–Crippen LogP) is 5.21. The summed E-state index contributed by atoms with van der Waals surface area (Å²) in [6.45, 7) is 11.5. The minimum absolute atomic E-state index is 0.887. The van der Waals surface area contributed by atoms with Crippen molar-refractivity contribution in [3.63, 3.8) is 0 Å². The van der Waals surface area contributed by atoms with Crippen LogP contribution in [0.5, 0.6) is 0 Å². The van der Waals surface area contributed by atoms with Crippen LogP contribution in [0.1, 0.15) is 30.0 Å². The molecular formula is C19H19NOS. The number of rotatable bonds is 4. The number of para-hydroxylation sites is 1. The molecule has 3 heteroatoms. The molecule has 1 aromatic carbocycles. The zero-order valence-corrected chi connectivity index (χ0v) is 13.7. The number of aromatic nitrogens is 1. The zero-order chi connectivity index (χ0) is 15.9. The number of nitrogens with zero attached hydrogens (tertiary/aromatic N) is 1. The van der Waals surface area contributed by atoms with Crippen molar-refractivity contribution >= 4 is 34.4 Å². The van der Waals surface area contributed by atoms with Crippen molar-refractivity contribution in [2.24, 2.45) is 0 Å². The molecule has 2 heterocycles. The SMILES string of the molecule is C=Cc1c(C=C)n(-c2ccsc2C(C)(C)O)c2ccccc12. The highest BCUT2D eigenvalue weighted by molar-refractivity contribution is 7.10. The lowest BCUT2D eigenvalue weighted by Gasteiger charge is -2.19. The molecule has 0 aliphatic rings. The Hall–Kier alpha value is -2.10. The van der Waals surface area contributed by atoms with Gasteiger partial charge >= 0.3 is 0 Å². The van der Waals surface area contributed by atoms with Crippen LogP contribution in [-0.4, -0.2) is 9.67 Å². The molecule has 0 radical (unpaired) electrons. The van der Waals surface area contributed by atoms with E-state index in [1.54, 1.807) is 11.3 Å². The first kappa shape index (κ1) is 14.8. The van der Waals surface area contributed by atoms with E-state index in [2.05, 4.69) is 29.9 Å². The van der Waals surface area contributed by atoms with E-state index in [4.69, 9.17) is 0 Å².